The van der Waals surface area contributed by atoms with E-state index in [0.29, 0.717) is 23.5 Å². The van der Waals surface area contributed by atoms with Gasteiger partial charge in [0.2, 0.25) is 0 Å². The van der Waals surface area contributed by atoms with Crippen LogP contribution in [0.15, 0.2) is 24.8 Å². The average molecular weight is 220 g/mol. The highest BCUT2D eigenvalue weighted by atomic mass is 16.5. The molecule has 1 rings (SSSR count). The number of allylic oxidation sites excluding steroid dienone is 1. The van der Waals surface area contributed by atoms with Crippen molar-refractivity contribution in [1.82, 2.24) is 0 Å². The van der Waals surface area contributed by atoms with Crippen LogP contribution in [0.3, 0.4) is 0 Å². The zero-order valence-electron chi connectivity index (χ0n) is 9.87. The van der Waals surface area contributed by atoms with Crippen LogP contribution in [0.2, 0.25) is 0 Å². The Labute approximate surface area is 95.7 Å². The Morgan fingerprint density at radius 1 is 1.38 bits per heavy atom. The monoisotopic (exact) mass is 220 g/mol. The Balaban J connectivity index is 3.36. The maximum atomic E-state index is 11.5. The summed E-state index contributed by atoms with van der Waals surface area (Å²) in [7, 11) is 3.08. The summed E-state index contributed by atoms with van der Waals surface area (Å²) in [6, 6.07) is 3.66. The molecule has 3 heteroatoms. The molecule has 0 unspecified atom stereocenters. The van der Waals surface area contributed by atoms with E-state index in [1.54, 1.807) is 13.2 Å². The SMILES string of the molecule is C=CCc1cc(OC)c(OC)c(C(C)=O)c1. The van der Waals surface area contributed by atoms with E-state index in [0.717, 1.165) is 5.56 Å². The lowest BCUT2D eigenvalue weighted by Gasteiger charge is -2.12. The van der Waals surface area contributed by atoms with Crippen LogP contribution < -0.4 is 9.47 Å². The summed E-state index contributed by atoms with van der Waals surface area (Å²) in [5.74, 6) is 1.02. The van der Waals surface area contributed by atoms with Gasteiger partial charge in [-0.3, -0.25) is 4.79 Å². The fourth-order valence-electron chi connectivity index (χ4n) is 1.57. The Hall–Kier alpha value is -1.77. The second-order valence-electron chi connectivity index (χ2n) is 3.43. The van der Waals surface area contributed by atoms with Crippen molar-refractivity contribution in [3.05, 3.63) is 35.9 Å². The van der Waals surface area contributed by atoms with E-state index in [9.17, 15) is 4.79 Å². The average Bonchev–Trinajstić information content (AvgIpc) is 2.28. The van der Waals surface area contributed by atoms with Crippen LogP contribution in [-0.2, 0) is 6.42 Å². The number of carbonyl (C=O) groups is 1. The van der Waals surface area contributed by atoms with Gasteiger partial charge in [0.15, 0.2) is 17.3 Å². The molecule has 0 heterocycles. The van der Waals surface area contributed by atoms with E-state index in [-0.39, 0.29) is 5.78 Å². The molecule has 0 atom stereocenters. The van der Waals surface area contributed by atoms with Crippen LogP contribution in [0, 0.1) is 0 Å². The molecule has 0 aliphatic carbocycles. The first-order valence-electron chi connectivity index (χ1n) is 5.00. The van der Waals surface area contributed by atoms with Gasteiger partial charge in [-0.15, -0.1) is 6.58 Å². The van der Waals surface area contributed by atoms with Crippen molar-refractivity contribution in [2.75, 3.05) is 14.2 Å². The summed E-state index contributed by atoms with van der Waals surface area (Å²) in [5.41, 5.74) is 1.52. The summed E-state index contributed by atoms with van der Waals surface area (Å²) in [4.78, 5) is 11.5. The van der Waals surface area contributed by atoms with Crippen LogP contribution in [0.4, 0.5) is 0 Å². The lowest BCUT2D eigenvalue weighted by atomic mass is 10.0. The predicted octanol–water partition coefficient (Wildman–Crippen LogP) is 2.63. The fraction of sp³-hybridized carbons (Fsp3) is 0.308. The van der Waals surface area contributed by atoms with Crippen molar-refractivity contribution >= 4 is 5.78 Å². The molecule has 3 nitrogen and oxygen atoms in total. The summed E-state index contributed by atoms with van der Waals surface area (Å²) in [6.45, 7) is 5.18. The number of ketones is 1. The molecule has 0 radical (unpaired) electrons. The standard InChI is InChI=1S/C13H16O3/c1-5-6-10-7-11(9(2)14)13(16-4)12(8-10)15-3/h5,7-8H,1,6H2,2-4H3. The molecule has 0 amide bonds. The number of Topliss-reactive ketones (excluding diaryl/α,β-unsaturated/α-hetero) is 1. The third-order valence-corrected chi connectivity index (χ3v) is 2.30. The van der Waals surface area contributed by atoms with Gasteiger partial charge < -0.3 is 9.47 Å². The molecular formula is C13H16O3. The van der Waals surface area contributed by atoms with Gasteiger partial charge in [-0.05, 0) is 31.0 Å². The van der Waals surface area contributed by atoms with Gasteiger partial charge in [-0.2, -0.15) is 0 Å². The highest BCUT2D eigenvalue weighted by molar-refractivity contribution is 5.98. The quantitative estimate of drug-likeness (QED) is 0.565. The van der Waals surface area contributed by atoms with E-state index in [1.165, 1.54) is 14.0 Å². The van der Waals surface area contributed by atoms with Gasteiger partial charge >= 0.3 is 0 Å². The fourth-order valence-corrected chi connectivity index (χ4v) is 1.57. The van der Waals surface area contributed by atoms with E-state index in [1.807, 2.05) is 12.1 Å². The van der Waals surface area contributed by atoms with Crippen LogP contribution in [-0.4, -0.2) is 20.0 Å². The zero-order chi connectivity index (χ0) is 12.1. The summed E-state index contributed by atoms with van der Waals surface area (Å²) < 4.78 is 10.4. The Morgan fingerprint density at radius 3 is 2.50 bits per heavy atom. The first-order chi connectivity index (χ1) is 7.63. The van der Waals surface area contributed by atoms with Crippen LogP contribution in [0.25, 0.3) is 0 Å². The van der Waals surface area contributed by atoms with Crippen molar-refractivity contribution in [3.63, 3.8) is 0 Å². The highest BCUT2D eigenvalue weighted by Gasteiger charge is 2.14. The molecule has 0 saturated heterocycles. The normalized spacial score (nSPS) is 9.69. The van der Waals surface area contributed by atoms with Crippen molar-refractivity contribution in [2.45, 2.75) is 13.3 Å². The number of hydrogen-bond donors (Lipinski definition) is 0. The molecule has 16 heavy (non-hydrogen) atoms. The van der Waals surface area contributed by atoms with Gasteiger partial charge in [-0.1, -0.05) is 6.08 Å². The minimum atomic E-state index is -0.0407. The van der Waals surface area contributed by atoms with E-state index < -0.39 is 0 Å². The van der Waals surface area contributed by atoms with E-state index in [4.69, 9.17) is 9.47 Å². The lowest BCUT2D eigenvalue weighted by molar-refractivity contribution is 0.101. The smallest absolute Gasteiger partial charge is 0.171 e. The Kier molecular flexibility index (Phi) is 4.11. The second kappa shape index (κ2) is 5.35. The Morgan fingerprint density at radius 2 is 2.06 bits per heavy atom. The van der Waals surface area contributed by atoms with Gasteiger partial charge in [-0.25, -0.2) is 0 Å². The lowest BCUT2D eigenvalue weighted by Crippen LogP contribution is -2.02. The summed E-state index contributed by atoms with van der Waals surface area (Å²) >= 11 is 0. The zero-order valence-corrected chi connectivity index (χ0v) is 9.87. The number of methoxy groups -OCH3 is 2. The maximum Gasteiger partial charge on any atom is 0.171 e. The maximum absolute atomic E-state index is 11.5. The van der Waals surface area contributed by atoms with Crippen molar-refractivity contribution in [2.24, 2.45) is 0 Å². The molecule has 86 valence electrons. The van der Waals surface area contributed by atoms with Crippen molar-refractivity contribution in [1.29, 1.82) is 0 Å². The van der Waals surface area contributed by atoms with E-state index >= 15 is 0 Å². The number of carbonyl (C=O) groups excluding carboxylic acids is 1. The van der Waals surface area contributed by atoms with Crippen molar-refractivity contribution in [3.8, 4) is 11.5 Å². The predicted molar refractivity (Wildman–Crippen MR) is 63.5 cm³/mol. The second-order valence-corrected chi connectivity index (χ2v) is 3.43. The van der Waals surface area contributed by atoms with Crippen molar-refractivity contribution < 1.29 is 14.3 Å². The summed E-state index contributed by atoms with van der Waals surface area (Å²) in [5, 5.41) is 0. The number of benzene rings is 1. The first-order valence-corrected chi connectivity index (χ1v) is 5.00. The molecule has 0 fully saturated rings. The number of hydrogen-bond acceptors (Lipinski definition) is 3. The molecule has 0 aromatic heterocycles. The highest BCUT2D eigenvalue weighted by Crippen LogP contribution is 2.33. The van der Waals surface area contributed by atoms with Crippen LogP contribution >= 0.6 is 0 Å². The summed E-state index contributed by atoms with van der Waals surface area (Å²) in [6.07, 6.45) is 2.48. The van der Waals surface area contributed by atoms with Gasteiger partial charge in [0.05, 0.1) is 19.8 Å². The minimum Gasteiger partial charge on any atom is -0.493 e. The van der Waals surface area contributed by atoms with Crippen LogP contribution in [0.5, 0.6) is 11.5 Å². The molecule has 0 aliphatic rings. The largest absolute Gasteiger partial charge is 0.493 e. The molecular weight excluding hydrogens is 204 g/mol. The molecule has 0 spiro atoms. The minimum absolute atomic E-state index is 0.0407. The third-order valence-electron chi connectivity index (χ3n) is 2.30. The number of rotatable bonds is 5. The third kappa shape index (κ3) is 2.42. The molecule has 0 saturated carbocycles. The molecule has 0 aliphatic heterocycles. The van der Waals surface area contributed by atoms with E-state index in [2.05, 4.69) is 6.58 Å². The molecule has 0 bridgehead atoms. The Bertz CT molecular complexity index is 408. The number of ether oxygens (including phenoxy) is 2. The molecule has 0 N–H and O–H groups in total. The van der Waals surface area contributed by atoms with Crippen LogP contribution in [0.1, 0.15) is 22.8 Å². The molecule has 1 aromatic rings. The van der Waals surface area contributed by atoms with Gasteiger partial charge in [0.25, 0.3) is 0 Å². The van der Waals surface area contributed by atoms with Gasteiger partial charge in [0, 0.05) is 0 Å². The first kappa shape index (κ1) is 12.3. The topological polar surface area (TPSA) is 35.5 Å². The molecule has 1 aromatic carbocycles. The van der Waals surface area contributed by atoms with Gasteiger partial charge in [0.1, 0.15) is 0 Å².